The molecule has 10 heteroatoms. The molecule has 0 aromatic heterocycles. The SMILES string of the molecule is CCCCCCCCCCC#CC#CCCCCCCCCC(=O)OCC(COP(=O)(O)OCCCCCl)OC(=O)CCCCCCCCC#CC#CCCCCCCCCCC. The van der Waals surface area contributed by atoms with Gasteiger partial charge >= 0.3 is 19.8 Å². The Morgan fingerprint density at radius 3 is 1.24 bits per heavy atom. The number of halogens is 1. The summed E-state index contributed by atoms with van der Waals surface area (Å²) in [5, 5.41) is 0. The van der Waals surface area contributed by atoms with Crippen LogP contribution in [-0.2, 0) is 32.7 Å². The van der Waals surface area contributed by atoms with E-state index in [-0.39, 0.29) is 26.1 Å². The third-order valence-corrected chi connectivity index (χ3v) is 11.8. The molecule has 0 aromatic rings. The Balaban J connectivity index is 4.28. The van der Waals surface area contributed by atoms with Gasteiger partial charge in [-0.1, -0.05) is 179 Å². The molecule has 0 saturated carbocycles. The van der Waals surface area contributed by atoms with Crippen LogP contribution in [0, 0.1) is 47.4 Å². The Labute approximate surface area is 391 Å². The molecule has 0 aliphatic rings. The molecule has 2 unspecified atom stereocenters. The first-order valence-electron chi connectivity index (χ1n) is 25.3. The van der Waals surface area contributed by atoms with Gasteiger partial charge in [0, 0.05) is 44.4 Å². The zero-order valence-corrected chi connectivity index (χ0v) is 41.6. The Kier molecular flexibility index (Phi) is 47.1. The van der Waals surface area contributed by atoms with Crippen molar-refractivity contribution in [2.75, 3.05) is 25.7 Å². The second-order valence-electron chi connectivity index (χ2n) is 16.7. The molecule has 0 fully saturated rings. The van der Waals surface area contributed by atoms with Gasteiger partial charge in [-0.05, 0) is 75.0 Å². The van der Waals surface area contributed by atoms with E-state index in [4.69, 9.17) is 30.1 Å². The maximum Gasteiger partial charge on any atom is 0.472 e. The van der Waals surface area contributed by atoms with E-state index in [2.05, 4.69) is 61.2 Å². The van der Waals surface area contributed by atoms with Crippen LogP contribution in [0.1, 0.15) is 245 Å². The predicted octanol–water partition coefficient (Wildman–Crippen LogP) is 14.9. The first-order chi connectivity index (χ1) is 30.8. The second kappa shape index (κ2) is 49.0. The molecule has 1 N–H and O–H groups in total. The van der Waals surface area contributed by atoms with Gasteiger partial charge in [-0.2, -0.15) is 0 Å². The molecule has 0 aromatic carbocycles. The van der Waals surface area contributed by atoms with Crippen LogP contribution in [0.5, 0.6) is 0 Å². The topological polar surface area (TPSA) is 108 Å². The lowest BCUT2D eigenvalue weighted by molar-refractivity contribution is -0.161. The van der Waals surface area contributed by atoms with Crippen LogP contribution >= 0.6 is 19.4 Å². The van der Waals surface area contributed by atoms with Crippen molar-refractivity contribution in [1.82, 2.24) is 0 Å². The third-order valence-electron chi connectivity index (χ3n) is 10.6. The molecule has 2 atom stereocenters. The van der Waals surface area contributed by atoms with Gasteiger partial charge < -0.3 is 14.4 Å². The van der Waals surface area contributed by atoms with Gasteiger partial charge in [0.25, 0.3) is 0 Å². The third kappa shape index (κ3) is 48.9. The maximum absolute atomic E-state index is 12.7. The van der Waals surface area contributed by atoms with Gasteiger partial charge in [-0.3, -0.25) is 18.6 Å². The van der Waals surface area contributed by atoms with Crippen LogP contribution in [0.2, 0.25) is 0 Å². The number of phosphoric acid groups is 1. The van der Waals surface area contributed by atoms with E-state index in [1.165, 1.54) is 103 Å². The Morgan fingerprint density at radius 2 is 0.841 bits per heavy atom. The molecule has 0 radical (unpaired) electrons. The van der Waals surface area contributed by atoms with Gasteiger partial charge in [0.05, 0.1) is 13.2 Å². The van der Waals surface area contributed by atoms with Crippen molar-refractivity contribution in [3.05, 3.63) is 0 Å². The summed E-state index contributed by atoms with van der Waals surface area (Å²) >= 11 is 5.67. The Morgan fingerprint density at radius 1 is 0.476 bits per heavy atom. The quantitative estimate of drug-likeness (QED) is 0.0212. The fourth-order valence-electron chi connectivity index (χ4n) is 6.71. The molecular formula is C53H88ClO8P. The minimum atomic E-state index is -4.39. The zero-order chi connectivity index (χ0) is 46.0. The van der Waals surface area contributed by atoms with E-state index >= 15 is 0 Å². The highest BCUT2D eigenvalue weighted by Crippen LogP contribution is 2.43. The number of carbonyl (C=O) groups excluding carboxylic acids is 2. The van der Waals surface area contributed by atoms with Crippen molar-refractivity contribution in [3.63, 3.8) is 0 Å². The summed E-state index contributed by atoms with van der Waals surface area (Å²) in [4.78, 5) is 35.3. The first kappa shape index (κ1) is 60.6. The first-order valence-corrected chi connectivity index (χ1v) is 27.3. The number of phosphoric ester groups is 1. The van der Waals surface area contributed by atoms with Gasteiger partial charge in [0.15, 0.2) is 6.10 Å². The van der Waals surface area contributed by atoms with Gasteiger partial charge in [0.2, 0.25) is 0 Å². The summed E-state index contributed by atoms with van der Waals surface area (Å²) in [6.07, 6.45) is 36.6. The van der Waals surface area contributed by atoms with Gasteiger partial charge in [-0.15, -0.1) is 11.6 Å². The monoisotopic (exact) mass is 919 g/mol. The van der Waals surface area contributed by atoms with E-state index < -0.39 is 32.5 Å². The highest BCUT2D eigenvalue weighted by atomic mass is 35.5. The minimum absolute atomic E-state index is 0.00420. The molecule has 360 valence electrons. The van der Waals surface area contributed by atoms with Crippen molar-refractivity contribution >= 4 is 31.4 Å². The number of esters is 2. The summed E-state index contributed by atoms with van der Waals surface area (Å²) in [6, 6.07) is 0. The number of unbranched alkanes of at least 4 members (excludes halogenated alkanes) is 29. The lowest BCUT2D eigenvalue weighted by atomic mass is 10.1. The molecule has 0 saturated heterocycles. The van der Waals surface area contributed by atoms with Gasteiger partial charge in [0.1, 0.15) is 6.61 Å². The number of rotatable bonds is 43. The lowest BCUT2D eigenvalue weighted by Gasteiger charge is -2.20. The summed E-state index contributed by atoms with van der Waals surface area (Å²) in [6.45, 7) is 3.80. The normalized spacial score (nSPS) is 12.0. The largest absolute Gasteiger partial charge is 0.472 e. The molecule has 63 heavy (non-hydrogen) atoms. The number of hydrogen-bond acceptors (Lipinski definition) is 7. The molecule has 0 aliphatic carbocycles. The van der Waals surface area contributed by atoms with Crippen LogP contribution in [0.15, 0.2) is 0 Å². The number of hydrogen-bond donors (Lipinski definition) is 1. The average molecular weight is 920 g/mol. The Hall–Kier alpha value is -2.42. The zero-order valence-electron chi connectivity index (χ0n) is 40.0. The fourth-order valence-corrected chi connectivity index (χ4v) is 7.69. The van der Waals surface area contributed by atoms with Crippen molar-refractivity contribution in [2.24, 2.45) is 0 Å². The highest BCUT2D eigenvalue weighted by Gasteiger charge is 2.26. The predicted molar refractivity (Wildman–Crippen MR) is 262 cm³/mol. The summed E-state index contributed by atoms with van der Waals surface area (Å²) in [5.41, 5.74) is 0. The smallest absolute Gasteiger partial charge is 0.462 e. The molecule has 0 aliphatic heterocycles. The van der Waals surface area contributed by atoms with Crippen LogP contribution < -0.4 is 0 Å². The average Bonchev–Trinajstić information content (AvgIpc) is 3.27. The van der Waals surface area contributed by atoms with E-state index in [9.17, 15) is 19.0 Å². The fraction of sp³-hybridized carbons (Fsp3) is 0.811. The standard InChI is InChI=1S/C53H88ClO8P/c1-3-5-7-9-11-13-15-17-19-21-23-25-27-29-31-33-35-37-39-41-45-52(55)59-49-51(50-61-63(57,58)60-48-44-43-47-54)62-53(56)46-42-40-38-36-34-32-30-28-26-24-22-20-18-16-14-12-10-8-6-4-2/h51H,3-20,29-50H2,1-2H3,(H,57,58). The second-order valence-corrected chi connectivity index (χ2v) is 18.5. The van der Waals surface area contributed by atoms with Gasteiger partial charge in [-0.25, -0.2) is 4.57 Å². The van der Waals surface area contributed by atoms with E-state index in [1.807, 2.05) is 0 Å². The minimum Gasteiger partial charge on any atom is -0.462 e. The summed E-state index contributed by atoms with van der Waals surface area (Å²) in [5.74, 6) is 24.2. The van der Waals surface area contributed by atoms with Crippen molar-refractivity contribution in [3.8, 4) is 47.4 Å². The Bertz CT molecular complexity index is 1390. The van der Waals surface area contributed by atoms with Crippen LogP contribution in [0.3, 0.4) is 0 Å². The van der Waals surface area contributed by atoms with Crippen molar-refractivity contribution in [1.29, 1.82) is 0 Å². The number of carbonyl (C=O) groups is 2. The number of alkyl halides is 1. The summed E-state index contributed by atoms with van der Waals surface area (Å²) in [7, 11) is -4.39. The molecule has 0 rings (SSSR count). The van der Waals surface area contributed by atoms with E-state index in [1.54, 1.807) is 0 Å². The summed E-state index contributed by atoms with van der Waals surface area (Å²) < 4.78 is 33.4. The van der Waals surface area contributed by atoms with Crippen molar-refractivity contribution < 1.29 is 37.6 Å². The molecule has 8 nitrogen and oxygen atoms in total. The lowest BCUT2D eigenvalue weighted by Crippen LogP contribution is -2.29. The van der Waals surface area contributed by atoms with Crippen LogP contribution in [0.4, 0.5) is 0 Å². The number of ether oxygens (including phenoxy) is 2. The van der Waals surface area contributed by atoms with Crippen molar-refractivity contribution in [2.45, 2.75) is 251 Å². The van der Waals surface area contributed by atoms with E-state index in [0.29, 0.717) is 31.6 Å². The molecule has 0 amide bonds. The van der Waals surface area contributed by atoms with E-state index in [0.717, 1.165) is 89.9 Å². The molecule has 0 spiro atoms. The van der Waals surface area contributed by atoms with Crippen LogP contribution in [0.25, 0.3) is 0 Å². The maximum atomic E-state index is 12.7. The molecular weight excluding hydrogens is 831 g/mol. The highest BCUT2D eigenvalue weighted by molar-refractivity contribution is 7.47. The van der Waals surface area contributed by atoms with Crippen LogP contribution in [-0.4, -0.2) is 48.6 Å². The molecule has 0 heterocycles. The molecule has 0 bridgehead atoms.